The summed E-state index contributed by atoms with van der Waals surface area (Å²) in [5.74, 6) is 0.177. The van der Waals surface area contributed by atoms with Crippen LogP contribution in [0.3, 0.4) is 0 Å². The molecule has 2 N–H and O–H groups in total. The van der Waals surface area contributed by atoms with Crippen LogP contribution >= 0.6 is 0 Å². The molecule has 0 unspecified atom stereocenters. The Morgan fingerprint density at radius 2 is 1.95 bits per heavy atom. The van der Waals surface area contributed by atoms with Gasteiger partial charge in [0.25, 0.3) is 0 Å². The van der Waals surface area contributed by atoms with Gasteiger partial charge in [0.1, 0.15) is 12.4 Å². The number of nitro groups is 1. The van der Waals surface area contributed by atoms with Crippen molar-refractivity contribution in [3.63, 3.8) is 0 Å². The van der Waals surface area contributed by atoms with Gasteiger partial charge in [-0.3, -0.25) is 14.9 Å². The maximum Gasteiger partial charge on any atom is 0.305 e. The van der Waals surface area contributed by atoms with Crippen LogP contribution in [0, 0.1) is 10.1 Å². The number of amides is 1. The van der Waals surface area contributed by atoms with Crippen molar-refractivity contribution in [3.8, 4) is 0 Å². The fourth-order valence-corrected chi connectivity index (χ4v) is 1.28. The van der Waals surface area contributed by atoms with Crippen LogP contribution in [-0.2, 0) is 4.79 Å². The van der Waals surface area contributed by atoms with Crippen molar-refractivity contribution < 1.29 is 9.72 Å². The Labute approximate surface area is 110 Å². The molecule has 1 heterocycles. The van der Waals surface area contributed by atoms with E-state index in [1.165, 1.54) is 0 Å². The maximum absolute atomic E-state index is 11.5. The number of aromatic nitrogens is 2. The molecule has 0 fully saturated rings. The number of carbonyl (C=O) groups excluding carboxylic acids is 1. The highest BCUT2D eigenvalue weighted by molar-refractivity contribution is 5.77. The highest BCUT2D eigenvalue weighted by atomic mass is 16.6. The van der Waals surface area contributed by atoms with Crippen molar-refractivity contribution in [2.75, 3.05) is 11.9 Å². The molecule has 0 saturated heterocycles. The molecule has 1 amide bonds. The largest absolute Gasteiger partial charge is 0.354 e. The van der Waals surface area contributed by atoms with Gasteiger partial charge in [-0.05, 0) is 20.8 Å². The molecule has 0 radical (unpaired) electrons. The number of anilines is 1. The molecule has 0 aliphatic heterocycles. The first-order valence-corrected chi connectivity index (χ1v) is 5.79. The zero-order valence-electron chi connectivity index (χ0n) is 11.1. The third-order valence-corrected chi connectivity index (χ3v) is 2.00. The lowest BCUT2D eigenvalue weighted by atomic mass is 10.1. The van der Waals surface area contributed by atoms with Gasteiger partial charge in [-0.1, -0.05) is 0 Å². The van der Waals surface area contributed by atoms with E-state index in [0.29, 0.717) is 6.54 Å². The van der Waals surface area contributed by atoms with Gasteiger partial charge in [0.05, 0.1) is 4.92 Å². The number of carbonyl (C=O) groups is 1. The highest BCUT2D eigenvalue weighted by Crippen LogP contribution is 2.08. The fraction of sp³-hybridized carbons (Fsp3) is 0.545. The van der Waals surface area contributed by atoms with E-state index in [0.717, 1.165) is 12.4 Å². The molecule has 0 aliphatic rings. The molecule has 0 atom stereocenters. The van der Waals surface area contributed by atoms with Gasteiger partial charge in [-0.15, -0.1) is 0 Å². The lowest BCUT2D eigenvalue weighted by Crippen LogP contribution is -2.41. The smallest absolute Gasteiger partial charge is 0.305 e. The van der Waals surface area contributed by atoms with E-state index < -0.39 is 4.92 Å². The van der Waals surface area contributed by atoms with Gasteiger partial charge in [0.15, 0.2) is 0 Å². The predicted octanol–water partition coefficient (Wildman–Crippen LogP) is 1.10. The Kier molecular flexibility index (Phi) is 4.74. The molecule has 1 aromatic rings. The second-order valence-corrected chi connectivity index (χ2v) is 5.00. The van der Waals surface area contributed by atoms with Crippen LogP contribution in [0.15, 0.2) is 12.4 Å². The minimum absolute atomic E-state index is 0.0816. The van der Waals surface area contributed by atoms with Crippen molar-refractivity contribution in [2.45, 2.75) is 32.7 Å². The summed E-state index contributed by atoms with van der Waals surface area (Å²) in [6.45, 7) is 6.06. The standard InChI is InChI=1S/C11H17N5O3/c1-11(2,3)15-9(17)4-5-12-10-13-6-8(7-14-10)16(18)19/h6-7H,4-5H2,1-3H3,(H,15,17)(H,12,13,14). The Bertz CT molecular complexity index is 452. The summed E-state index contributed by atoms with van der Waals surface area (Å²) in [6.07, 6.45) is 2.51. The Balaban J connectivity index is 2.37. The molecular formula is C11H17N5O3. The van der Waals surface area contributed by atoms with E-state index in [2.05, 4.69) is 20.6 Å². The topological polar surface area (TPSA) is 110 Å². The molecule has 0 spiro atoms. The lowest BCUT2D eigenvalue weighted by molar-refractivity contribution is -0.385. The summed E-state index contributed by atoms with van der Waals surface area (Å²) in [5, 5.41) is 16.0. The van der Waals surface area contributed by atoms with Gasteiger partial charge in [-0.25, -0.2) is 9.97 Å². The minimum Gasteiger partial charge on any atom is -0.354 e. The molecule has 19 heavy (non-hydrogen) atoms. The predicted molar refractivity (Wildman–Crippen MR) is 69.7 cm³/mol. The second-order valence-electron chi connectivity index (χ2n) is 5.00. The lowest BCUT2D eigenvalue weighted by Gasteiger charge is -2.20. The third-order valence-electron chi connectivity index (χ3n) is 2.00. The quantitative estimate of drug-likeness (QED) is 0.610. The second kappa shape index (κ2) is 6.07. The summed E-state index contributed by atoms with van der Waals surface area (Å²) >= 11 is 0. The summed E-state index contributed by atoms with van der Waals surface area (Å²) in [6, 6.07) is 0. The molecule has 1 aromatic heterocycles. The number of nitrogens with one attached hydrogen (secondary N) is 2. The highest BCUT2D eigenvalue weighted by Gasteiger charge is 2.13. The van der Waals surface area contributed by atoms with Crippen molar-refractivity contribution in [1.82, 2.24) is 15.3 Å². The maximum atomic E-state index is 11.5. The van der Waals surface area contributed by atoms with Crippen LogP contribution in [0.25, 0.3) is 0 Å². The molecule has 1 rings (SSSR count). The zero-order chi connectivity index (χ0) is 14.5. The first-order valence-electron chi connectivity index (χ1n) is 5.79. The van der Waals surface area contributed by atoms with Crippen LogP contribution in [0.5, 0.6) is 0 Å². The van der Waals surface area contributed by atoms with E-state index in [9.17, 15) is 14.9 Å². The Morgan fingerprint density at radius 1 is 1.37 bits per heavy atom. The number of nitrogens with zero attached hydrogens (tertiary/aromatic N) is 3. The van der Waals surface area contributed by atoms with E-state index in [1.54, 1.807) is 0 Å². The van der Waals surface area contributed by atoms with Crippen LogP contribution < -0.4 is 10.6 Å². The van der Waals surface area contributed by atoms with Crippen LogP contribution in [0.2, 0.25) is 0 Å². The van der Waals surface area contributed by atoms with Gasteiger partial charge in [-0.2, -0.15) is 0 Å². The normalized spacial score (nSPS) is 10.9. The average Bonchev–Trinajstić information content (AvgIpc) is 2.27. The van der Waals surface area contributed by atoms with Crippen LogP contribution in [0.4, 0.5) is 11.6 Å². The fourth-order valence-electron chi connectivity index (χ4n) is 1.28. The van der Waals surface area contributed by atoms with Crippen molar-refractivity contribution in [3.05, 3.63) is 22.5 Å². The summed E-state index contributed by atoms with van der Waals surface area (Å²) in [5.41, 5.74) is -0.433. The van der Waals surface area contributed by atoms with Gasteiger partial charge < -0.3 is 10.6 Å². The average molecular weight is 267 g/mol. The summed E-state index contributed by atoms with van der Waals surface area (Å²) < 4.78 is 0. The van der Waals surface area contributed by atoms with Gasteiger partial charge in [0, 0.05) is 18.5 Å². The monoisotopic (exact) mass is 267 g/mol. The first-order chi connectivity index (χ1) is 8.78. The van der Waals surface area contributed by atoms with Crippen LogP contribution in [0.1, 0.15) is 27.2 Å². The van der Waals surface area contributed by atoms with Crippen LogP contribution in [-0.4, -0.2) is 32.9 Å². The van der Waals surface area contributed by atoms with E-state index >= 15 is 0 Å². The number of rotatable bonds is 5. The van der Waals surface area contributed by atoms with E-state index in [-0.39, 0.29) is 29.5 Å². The molecule has 104 valence electrons. The molecular weight excluding hydrogens is 250 g/mol. The Morgan fingerprint density at radius 3 is 2.42 bits per heavy atom. The molecule has 8 heteroatoms. The summed E-state index contributed by atoms with van der Waals surface area (Å²) in [4.78, 5) is 28.9. The van der Waals surface area contributed by atoms with E-state index in [1.807, 2.05) is 20.8 Å². The molecule has 0 saturated carbocycles. The molecule has 0 aliphatic carbocycles. The molecule has 0 bridgehead atoms. The van der Waals surface area contributed by atoms with Gasteiger partial charge >= 0.3 is 5.69 Å². The SMILES string of the molecule is CC(C)(C)NC(=O)CCNc1ncc([N+](=O)[O-])cn1. The number of hydrogen-bond acceptors (Lipinski definition) is 6. The van der Waals surface area contributed by atoms with E-state index in [4.69, 9.17) is 0 Å². The third kappa shape index (κ3) is 5.75. The van der Waals surface area contributed by atoms with Crippen molar-refractivity contribution >= 4 is 17.5 Å². The zero-order valence-corrected chi connectivity index (χ0v) is 11.1. The van der Waals surface area contributed by atoms with Gasteiger partial charge in [0.2, 0.25) is 11.9 Å². The summed E-state index contributed by atoms with van der Waals surface area (Å²) in [7, 11) is 0. The molecule has 0 aromatic carbocycles. The minimum atomic E-state index is -0.569. The molecule has 8 nitrogen and oxygen atoms in total. The first kappa shape index (κ1) is 14.8. The van der Waals surface area contributed by atoms with Crippen molar-refractivity contribution in [2.24, 2.45) is 0 Å². The van der Waals surface area contributed by atoms with Crippen molar-refractivity contribution in [1.29, 1.82) is 0 Å². The number of hydrogen-bond donors (Lipinski definition) is 2. The Hall–Kier alpha value is -2.25.